The number of urea groups is 1. The minimum Gasteiger partial charge on any atom is -0.354 e. The number of amides is 3. The molecule has 0 aromatic carbocycles. The first-order valence-electron chi connectivity index (χ1n) is 8.21. The van der Waals surface area contributed by atoms with E-state index in [1.165, 1.54) is 0 Å². The number of piperazine rings is 1. The zero-order valence-corrected chi connectivity index (χ0v) is 14.0. The largest absolute Gasteiger partial charge is 0.354 e. The first-order chi connectivity index (χ1) is 12.1. The Hall–Kier alpha value is -2.92. The first kappa shape index (κ1) is 16.9. The molecule has 0 bridgehead atoms. The van der Waals surface area contributed by atoms with E-state index in [9.17, 15) is 9.59 Å². The van der Waals surface area contributed by atoms with Crippen LogP contribution >= 0.6 is 0 Å². The SMILES string of the molecule is CCN1CCN(C(=N)c2cncc(C#CC3NC(=O)NC3=O)c2)CC1. The van der Waals surface area contributed by atoms with Gasteiger partial charge >= 0.3 is 6.03 Å². The van der Waals surface area contributed by atoms with Gasteiger partial charge in [0.05, 0.1) is 0 Å². The third-order valence-corrected chi connectivity index (χ3v) is 4.28. The summed E-state index contributed by atoms with van der Waals surface area (Å²) in [4.78, 5) is 31.1. The molecule has 2 aliphatic heterocycles. The van der Waals surface area contributed by atoms with Gasteiger partial charge in [0.15, 0.2) is 6.04 Å². The molecule has 130 valence electrons. The van der Waals surface area contributed by atoms with Crippen LogP contribution in [0.3, 0.4) is 0 Å². The number of imide groups is 1. The Labute approximate surface area is 146 Å². The van der Waals surface area contributed by atoms with Crippen LogP contribution in [-0.2, 0) is 4.79 Å². The number of hydrogen-bond acceptors (Lipinski definition) is 5. The molecule has 1 atom stereocenters. The van der Waals surface area contributed by atoms with Crippen LogP contribution in [0.25, 0.3) is 0 Å². The standard InChI is InChI=1S/C17H20N6O2/c1-2-22-5-7-23(8-6-22)15(18)13-9-12(10-19-11-13)3-4-14-16(24)21-17(25)20-14/h9-11,14,18H,2,5-8H2,1H3,(H2,20,21,24,25). The third-order valence-electron chi connectivity index (χ3n) is 4.28. The van der Waals surface area contributed by atoms with Crippen molar-refractivity contribution in [2.45, 2.75) is 13.0 Å². The number of amidine groups is 1. The van der Waals surface area contributed by atoms with Crippen molar-refractivity contribution in [1.82, 2.24) is 25.4 Å². The lowest BCUT2D eigenvalue weighted by Crippen LogP contribution is -2.48. The van der Waals surface area contributed by atoms with Gasteiger partial charge in [-0.2, -0.15) is 0 Å². The van der Waals surface area contributed by atoms with Crippen molar-refractivity contribution >= 4 is 17.8 Å². The predicted molar refractivity (Wildman–Crippen MR) is 92.1 cm³/mol. The van der Waals surface area contributed by atoms with E-state index in [1.807, 2.05) is 4.90 Å². The van der Waals surface area contributed by atoms with Crippen molar-refractivity contribution in [3.05, 3.63) is 29.6 Å². The van der Waals surface area contributed by atoms with Gasteiger partial charge in [0.2, 0.25) is 0 Å². The van der Waals surface area contributed by atoms with Crippen LogP contribution in [0.15, 0.2) is 18.5 Å². The molecule has 2 fully saturated rings. The summed E-state index contributed by atoms with van der Waals surface area (Å²) < 4.78 is 0. The normalized spacial score (nSPS) is 20.5. The number of nitrogens with one attached hydrogen (secondary N) is 3. The third kappa shape index (κ3) is 3.95. The summed E-state index contributed by atoms with van der Waals surface area (Å²) in [7, 11) is 0. The van der Waals surface area contributed by atoms with Gasteiger partial charge in [-0.3, -0.25) is 20.5 Å². The van der Waals surface area contributed by atoms with Gasteiger partial charge in [-0.15, -0.1) is 0 Å². The molecule has 8 heteroatoms. The average molecular weight is 340 g/mol. The van der Waals surface area contributed by atoms with Crippen LogP contribution in [0, 0.1) is 17.3 Å². The molecular formula is C17H20N6O2. The highest BCUT2D eigenvalue weighted by atomic mass is 16.2. The summed E-state index contributed by atoms with van der Waals surface area (Å²) in [6.45, 7) is 6.69. The topological polar surface area (TPSA) is 101 Å². The van der Waals surface area contributed by atoms with E-state index in [4.69, 9.17) is 5.41 Å². The molecule has 8 nitrogen and oxygen atoms in total. The molecule has 3 heterocycles. The van der Waals surface area contributed by atoms with Gasteiger partial charge < -0.3 is 15.1 Å². The fourth-order valence-corrected chi connectivity index (χ4v) is 2.78. The van der Waals surface area contributed by atoms with Gasteiger partial charge in [0, 0.05) is 49.7 Å². The molecule has 1 aromatic rings. The smallest absolute Gasteiger partial charge is 0.322 e. The average Bonchev–Trinajstić information content (AvgIpc) is 2.97. The first-order valence-corrected chi connectivity index (χ1v) is 8.21. The van der Waals surface area contributed by atoms with Crippen molar-refractivity contribution < 1.29 is 9.59 Å². The number of rotatable bonds is 2. The van der Waals surface area contributed by atoms with Crippen molar-refractivity contribution in [3.8, 4) is 11.8 Å². The Bertz CT molecular complexity index is 758. The molecule has 0 saturated carbocycles. The van der Waals surface area contributed by atoms with Crippen LogP contribution in [0.4, 0.5) is 4.79 Å². The van der Waals surface area contributed by atoms with Crippen molar-refractivity contribution in [1.29, 1.82) is 5.41 Å². The lowest BCUT2D eigenvalue weighted by Gasteiger charge is -2.35. The van der Waals surface area contributed by atoms with E-state index in [1.54, 1.807) is 18.5 Å². The van der Waals surface area contributed by atoms with E-state index < -0.39 is 18.0 Å². The minimum atomic E-state index is -0.849. The summed E-state index contributed by atoms with van der Waals surface area (Å²) in [6, 6.07) is 0.394. The number of carbonyl (C=O) groups is 2. The molecule has 1 unspecified atom stereocenters. The zero-order chi connectivity index (χ0) is 17.8. The highest BCUT2D eigenvalue weighted by molar-refractivity contribution is 6.05. The molecule has 3 amide bonds. The van der Waals surface area contributed by atoms with Crippen LogP contribution in [-0.4, -0.2) is 71.3 Å². The number of carbonyl (C=O) groups excluding carboxylic acids is 2. The van der Waals surface area contributed by atoms with E-state index in [-0.39, 0.29) is 0 Å². The molecular weight excluding hydrogens is 320 g/mol. The van der Waals surface area contributed by atoms with Crippen LogP contribution in [0.2, 0.25) is 0 Å². The molecule has 0 aliphatic carbocycles. The Balaban J connectivity index is 1.69. The summed E-state index contributed by atoms with van der Waals surface area (Å²) in [5.74, 6) is 5.53. The number of nitrogens with zero attached hydrogens (tertiary/aromatic N) is 3. The molecule has 3 N–H and O–H groups in total. The second-order valence-corrected chi connectivity index (χ2v) is 5.90. The lowest BCUT2D eigenvalue weighted by atomic mass is 10.1. The maximum absolute atomic E-state index is 11.5. The number of hydrogen-bond donors (Lipinski definition) is 3. The second-order valence-electron chi connectivity index (χ2n) is 5.90. The fourth-order valence-electron chi connectivity index (χ4n) is 2.78. The molecule has 0 spiro atoms. The Morgan fingerprint density at radius 2 is 2.08 bits per heavy atom. The fraction of sp³-hybridized carbons (Fsp3) is 0.412. The predicted octanol–water partition coefficient (Wildman–Crippen LogP) is -0.396. The van der Waals surface area contributed by atoms with Crippen molar-refractivity contribution in [2.24, 2.45) is 0 Å². The highest BCUT2D eigenvalue weighted by Crippen LogP contribution is 2.09. The van der Waals surface area contributed by atoms with Crippen LogP contribution in [0.1, 0.15) is 18.1 Å². The maximum atomic E-state index is 11.5. The van der Waals surface area contributed by atoms with Gasteiger partial charge in [-0.25, -0.2) is 4.79 Å². The van der Waals surface area contributed by atoms with Crippen molar-refractivity contribution in [3.63, 3.8) is 0 Å². The molecule has 2 aliphatic rings. The van der Waals surface area contributed by atoms with Gasteiger partial charge in [0.1, 0.15) is 5.84 Å². The van der Waals surface area contributed by atoms with Gasteiger partial charge in [0.25, 0.3) is 5.91 Å². The van der Waals surface area contributed by atoms with Crippen LogP contribution < -0.4 is 10.6 Å². The maximum Gasteiger partial charge on any atom is 0.322 e. The van der Waals surface area contributed by atoms with E-state index in [2.05, 4.69) is 39.3 Å². The Morgan fingerprint density at radius 3 is 2.72 bits per heavy atom. The zero-order valence-electron chi connectivity index (χ0n) is 14.0. The minimum absolute atomic E-state index is 0.429. The molecule has 3 rings (SSSR count). The van der Waals surface area contributed by atoms with E-state index in [0.717, 1.165) is 32.7 Å². The lowest BCUT2D eigenvalue weighted by molar-refractivity contribution is -0.119. The number of likely N-dealkylation sites (N-methyl/N-ethyl adjacent to an activating group) is 1. The van der Waals surface area contributed by atoms with Crippen LogP contribution in [0.5, 0.6) is 0 Å². The summed E-state index contributed by atoms with van der Waals surface area (Å²) in [5, 5.41) is 13.0. The monoisotopic (exact) mass is 340 g/mol. The Morgan fingerprint density at radius 1 is 1.32 bits per heavy atom. The number of pyridine rings is 1. The molecule has 1 aromatic heterocycles. The summed E-state index contributed by atoms with van der Waals surface area (Å²) >= 11 is 0. The second kappa shape index (κ2) is 7.32. The summed E-state index contributed by atoms with van der Waals surface area (Å²) in [5.41, 5.74) is 1.29. The van der Waals surface area contributed by atoms with E-state index >= 15 is 0 Å². The summed E-state index contributed by atoms with van der Waals surface area (Å²) in [6.07, 6.45) is 3.22. The molecule has 25 heavy (non-hydrogen) atoms. The quantitative estimate of drug-likeness (QED) is 0.294. The highest BCUT2D eigenvalue weighted by Gasteiger charge is 2.27. The molecule has 2 saturated heterocycles. The molecule has 0 radical (unpaired) electrons. The Kier molecular flexibility index (Phi) is 4.95. The number of aromatic nitrogens is 1. The van der Waals surface area contributed by atoms with E-state index in [0.29, 0.717) is 17.0 Å². The van der Waals surface area contributed by atoms with Crippen molar-refractivity contribution in [2.75, 3.05) is 32.7 Å². The van der Waals surface area contributed by atoms with Gasteiger partial charge in [-0.1, -0.05) is 18.8 Å². The van der Waals surface area contributed by atoms with Gasteiger partial charge in [-0.05, 0) is 12.6 Å².